The molecule has 3 rings (SSSR count). The third-order valence-corrected chi connectivity index (χ3v) is 3.87. The molecule has 1 saturated carbocycles. The lowest BCUT2D eigenvalue weighted by Gasteiger charge is -2.22. The molecule has 0 unspecified atom stereocenters. The van der Waals surface area contributed by atoms with E-state index in [0.29, 0.717) is 29.9 Å². The molecular formula is C14H21N3O2. The number of hydrogen-bond donors (Lipinski definition) is 2. The standard InChI is InChI=1S/C14H21N3O2/c18-8-12-7-16-13(11-1-2-11)17-14(12)19-9-10-3-5-15-6-4-10/h7,10-11,15,18H,1-6,8-9H2. The molecule has 0 radical (unpaired) electrons. The van der Waals surface area contributed by atoms with Gasteiger partial charge >= 0.3 is 0 Å². The molecule has 19 heavy (non-hydrogen) atoms. The molecule has 5 nitrogen and oxygen atoms in total. The fraction of sp³-hybridized carbons (Fsp3) is 0.714. The molecule has 1 aliphatic heterocycles. The largest absolute Gasteiger partial charge is 0.477 e. The highest BCUT2D eigenvalue weighted by Crippen LogP contribution is 2.38. The van der Waals surface area contributed by atoms with Gasteiger partial charge in [-0.1, -0.05) is 0 Å². The van der Waals surface area contributed by atoms with E-state index in [9.17, 15) is 5.11 Å². The average molecular weight is 263 g/mol. The molecule has 0 amide bonds. The summed E-state index contributed by atoms with van der Waals surface area (Å²) < 4.78 is 5.85. The van der Waals surface area contributed by atoms with Crippen molar-refractivity contribution in [3.8, 4) is 5.88 Å². The number of piperidine rings is 1. The van der Waals surface area contributed by atoms with Crippen LogP contribution in [0.3, 0.4) is 0 Å². The third-order valence-electron chi connectivity index (χ3n) is 3.87. The molecular weight excluding hydrogens is 242 g/mol. The molecule has 0 atom stereocenters. The molecule has 2 fully saturated rings. The van der Waals surface area contributed by atoms with Crippen molar-refractivity contribution in [2.24, 2.45) is 5.92 Å². The molecule has 1 aliphatic carbocycles. The van der Waals surface area contributed by atoms with Crippen LogP contribution in [-0.4, -0.2) is 34.8 Å². The van der Waals surface area contributed by atoms with Crippen molar-refractivity contribution in [2.45, 2.75) is 38.2 Å². The van der Waals surface area contributed by atoms with Gasteiger partial charge < -0.3 is 15.2 Å². The molecule has 2 N–H and O–H groups in total. The summed E-state index contributed by atoms with van der Waals surface area (Å²) in [7, 11) is 0. The van der Waals surface area contributed by atoms with E-state index in [1.54, 1.807) is 6.20 Å². The van der Waals surface area contributed by atoms with E-state index >= 15 is 0 Å². The maximum atomic E-state index is 9.33. The molecule has 1 aromatic heterocycles. The van der Waals surface area contributed by atoms with Gasteiger partial charge in [0.1, 0.15) is 5.82 Å². The Morgan fingerprint density at radius 3 is 2.74 bits per heavy atom. The van der Waals surface area contributed by atoms with Gasteiger partial charge in [-0.2, -0.15) is 4.98 Å². The summed E-state index contributed by atoms with van der Waals surface area (Å²) in [5.74, 6) is 2.55. The molecule has 5 heteroatoms. The van der Waals surface area contributed by atoms with Gasteiger partial charge in [-0.05, 0) is 44.7 Å². The minimum absolute atomic E-state index is 0.0630. The van der Waals surface area contributed by atoms with E-state index in [1.807, 2.05) is 0 Å². The zero-order valence-corrected chi connectivity index (χ0v) is 11.1. The number of aromatic nitrogens is 2. The first-order valence-electron chi connectivity index (χ1n) is 7.17. The molecule has 2 heterocycles. The molecule has 2 aliphatic rings. The predicted octanol–water partition coefficient (Wildman–Crippen LogP) is 1.22. The second-order valence-electron chi connectivity index (χ2n) is 5.50. The van der Waals surface area contributed by atoms with Crippen molar-refractivity contribution in [1.29, 1.82) is 0 Å². The zero-order valence-electron chi connectivity index (χ0n) is 11.1. The van der Waals surface area contributed by atoms with Crippen LogP contribution in [0.15, 0.2) is 6.20 Å². The Balaban J connectivity index is 1.65. The van der Waals surface area contributed by atoms with Crippen LogP contribution in [-0.2, 0) is 6.61 Å². The van der Waals surface area contributed by atoms with Gasteiger partial charge in [0.15, 0.2) is 0 Å². The first-order chi connectivity index (χ1) is 9.36. The highest BCUT2D eigenvalue weighted by atomic mass is 16.5. The van der Waals surface area contributed by atoms with E-state index in [0.717, 1.165) is 31.8 Å². The summed E-state index contributed by atoms with van der Waals surface area (Å²) in [6.45, 7) is 2.76. The Morgan fingerprint density at radius 2 is 2.05 bits per heavy atom. The molecule has 0 spiro atoms. The number of nitrogens with one attached hydrogen (secondary N) is 1. The van der Waals surface area contributed by atoms with Crippen LogP contribution < -0.4 is 10.1 Å². The summed E-state index contributed by atoms with van der Waals surface area (Å²) in [5.41, 5.74) is 0.693. The number of aliphatic hydroxyl groups is 1. The van der Waals surface area contributed by atoms with Crippen LogP contribution in [0.25, 0.3) is 0 Å². The van der Waals surface area contributed by atoms with Crippen molar-refractivity contribution < 1.29 is 9.84 Å². The second-order valence-corrected chi connectivity index (χ2v) is 5.50. The number of nitrogens with zero attached hydrogens (tertiary/aromatic N) is 2. The van der Waals surface area contributed by atoms with E-state index in [4.69, 9.17) is 4.74 Å². The van der Waals surface area contributed by atoms with E-state index in [2.05, 4.69) is 15.3 Å². The smallest absolute Gasteiger partial charge is 0.222 e. The normalized spacial score (nSPS) is 20.5. The highest BCUT2D eigenvalue weighted by Gasteiger charge is 2.27. The summed E-state index contributed by atoms with van der Waals surface area (Å²) in [5, 5.41) is 12.7. The van der Waals surface area contributed by atoms with Crippen molar-refractivity contribution in [1.82, 2.24) is 15.3 Å². The molecule has 104 valence electrons. The summed E-state index contributed by atoms with van der Waals surface area (Å²) in [6, 6.07) is 0. The minimum atomic E-state index is -0.0630. The van der Waals surface area contributed by atoms with Crippen LogP contribution in [0.5, 0.6) is 5.88 Å². The summed E-state index contributed by atoms with van der Waals surface area (Å²) in [4.78, 5) is 8.79. The van der Waals surface area contributed by atoms with Crippen molar-refractivity contribution in [2.75, 3.05) is 19.7 Å². The number of aliphatic hydroxyl groups excluding tert-OH is 1. The first-order valence-corrected chi connectivity index (χ1v) is 7.17. The van der Waals surface area contributed by atoms with Crippen LogP contribution in [0.4, 0.5) is 0 Å². The number of ether oxygens (including phenoxy) is 1. The van der Waals surface area contributed by atoms with Gasteiger partial charge in [0.25, 0.3) is 0 Å². The van der Waals surface area contributed by atoms with E-state index < -0.39 is 0 Å². The SMILES string of the molecule is OCc1cnc(C2CC2)nc1OCC1CCNCC1. The molecule has 0 aromatic carbocycles. The van der Waals surface area contributed by atoms with Crippen LogP contribution >= 0.6 is 0 Å². The minimum Gasteiger partial charge on any atom is -0.477 e. The Kier molecular flexibility index (Phi) is 3.94. The average Bonchev–Trinajstić information content (AvgIpc) is 3.30. The Labute approximate surface area is 113 Å². The number of rotatable bonds is 5. The fourth-order valence-corrected chi connectivity index (χ4v) is 2.42. The zero-order chi connectivity index (χ0) is 13.1. The number of hydrogen-bond acceptors (Lipinski definition) is 5. The van der Waals surface area contributed by atoms with Crippen LogP contribution in [0.1, 0.15) is 43.0 Å². The van der Waals surface area contributed by atoms with Gasteiger partial charge in [-0.3, -0.25) is 0 Å². The maximum absolute atomic E-state index is 9.33. The fourth-order valence-electron chi connectivity index (χ4n) is 2.42. The lowest BCUT2D eigenvalue weighted by atomic mass is 9.99. The van der Waals surface area contributed by atoms with Gasteiger partial charge in [0.2, 0.25) is 5.88 Å². The summed E-state index contributed by atoms with van der Waals surface area (Å²) in [6.07, 6.45) is 6.35. The summed E-state index contributed by atoms with van der Waals surface area (Å²) >= 11 is 0. The maximum Gasteiger partial charge on any atom is 0.222 e. The van der Waals surface area contributed by atoms with Gasteiger partial charge in [-0.25, -0.2) is 4.98 Å². The first kappa shape index (κ1) is 12.8. The highest BCUT2D eigenvalue weighted by molar-refractivity contribution is 5.24. The van der Waals surface area contributed by atoms with Crippen LogP contribution in [0, 0.1) is 5.92 Å². The Morgan fingerprint density at radius 1 is 1.26 bits per heavy atom. The topological polar surface area (TPSA) is 67.3 Å². The lowest BCUT2D eigenvalue weighted by molar-refractivity contribution is 0.199. The van der Waals surface area contributed by atoms with Crippen molar-refractivity contribution in [3.63, 3.8) is 0 Å². The van der Waals surface area contributed by atoms with E-state index in [1.165, 1.54) is 12.8 Å². The molecule has 1 saturated heterocycles. The molecule has 1 aromatic rings. The molecule has 0 bridgehead atoms. The Hall–Kier alpha value is -1.20. The van der Waals surface area contributed by atoms with Gasteiger partial charge in [0.05, 0.1) is 18.8 Å². The van der Waals surface area contributed by atoms with Crippen LogP contribution in [0.2, 0.25) is 0 Å². The lowest BCUT2D eigenvalue weighted by Crippen LogP contribution is -2.30. The third kappa shape index (κ3) is 3.22. The monoisotopic (exact) mass is 263 g/mol. The van der Waals surface area contributed by atoms with Gasteiger partial charge in [0, 0.05) is 12.1 Å². The Bertz CT molecular complexity index is 429. The predicted molar refractivity (Wildman–Crippen MR) is 71.0 cm³/mol. The van der Waals surface area contributed by atoms with E-state index in [-0.39, 0.29) is 6.61 Å². The quantitative estimate of drug-likeness (QED) is 0.836. The van der Waals surface area contributed by atoms with Gasteiger partial charge in [-0.15, -0.1) is 0 Å². The van der Waals surface area contributed by atoms with Crippen molar-refractivity contribution in [3.05, 3.63) is 17.6 Å². The van der Waals surface area contributed by atoms with Crippen molar-refractivity contribution >= 4 is 0 Å². The second kappa shape index (κ2) is 5.84.